The molecule has 1 saturated heterocycles. The quantitative estimate of drug-likeness (QED) is 0.688. The first-order valence-corrected chi connectivity index (χ1v) is 12.3. The van der Waals surface area contributed by atoms with Crippen LogP contribution in [0.4, 0.5) is 5.69 Å². The molecular weight excluding hydrogens is 426 g/mol. The first kappa shape index (κ1) is 24.4. The van der Waals surface area contributed by atoms with Crippen LogP contribution in [0, 0.1) is 0 Å². The van der Waals surface area contributed by atoms with Crippen molar-refractivity contribution in [2.24, 2.45) is 0 Å². The van der Waals surface area contributed by atoms with Gasteiger partial charge in [0.05, 0.1) is 24.7 Å². The minimum Gasteiger partial charge on any atom is -0.379 e. The SMILES string of the molecule is CN(CC(=O)Nc1cccc(S(=O)(=O)N2CCOCC2)c1)Cc1ccc(C(C)(C)C)cc1. The number of morpholine rings is 1. The number of likely N-dealkylation sites (N-methyl/N-ethyl adjacent to an activating group) is 1. The van der Waals surface area contributed by atoms with E-state index in [0.29, 0.717) is 38.5 Å². The Labute approximate surface area is 191 Å². The second kappa shape index (κ2) is 10.1. The molecule has 8 heteroatoms. The topological polar surface area (TPSA) is 79.0 Å². The molecular formula is C24H33N3O4S. The Morgan fingerprint density at radius 2 is 1.75 bits per heavy atom. The fraction of sp³-hybridized carbons (Fsp3) is 0.458. The summed E-state index contributed by atoms with van der Waals surface area (Å²) in [6, 6.07) is 14.8. The second-order valence-electron chi connectivity index (χ2n) is 9.21. The van der Waals surface area contributed by atoms with Gasteiger partial charge in [-0.1, -0.05) is 51.1 Å². The Hall–Kier alpha value is -2.26. The molecule has 1 aliphatic heterocycles. The highest BCUT2D eigenvalue weighted by Crippen LogP contribution is 2.23. The molecule has 0 aliphatic carbocycles. The molecule has 1 fully saturated rings. The minimum absolute atomic E-state index is 0.105. The van der Waals surface area contributed by atoms with E-state index in [1.165, 1.54) is 15.9 Å². The molecule has 0 saturated carbocycles. The number of sulfonamides is 1. The van der Waals surface area contributed by atoms with Crippen molar-refractivity contribution in [3.63, 3.8) is 0 Å². The number of amides is 1. The molecule has 2 aromatic carbocycles. The standard InChI is InChI=1S/C24H33N3O4S/c1-24(2,3)20-10-8-19(9-11-20)17-26(4)18-23(28)25-21-6-5-7-22(16-21)32(29,30)27-12-14-31-15-13-27/h5-11,16H,12-15,17-18H2,1-4H3,(H,25,28). The maximum atomic E-state index is 12.8. The number of carbonyl (C=O) groups is 1. The molecule has 0 aromatic heterocycles. The zero-order valence-corrected chi connectivity index (χ0v) is 20.1. The van der Waals surface area contributed by atoms with Crippen molar-refractivity contribution in [3.05, 3.63) is 59.7 Å². The van der Waals surface area contributed by atoms with Gasteiger partial charge >= 0.3 is 0 Å². The normalized spacial score (nSPS) is 15.7. The molecule has 0 atom stereocenters. The summed E-state index contributed by atoms with van der Waals surface area (Å²) >= 11 is 0. The molecule has 1 N–H and O–H groups in total. The second-order valence-corrected chi connectivity index (χ2v) is 11.1. The lowest BCUT2D eigenvalue weighted by Crippen LogP contribution is -2.40. The molecule has 0 radical (unpaired) electrons. The van der Waals surface area contributed by atoms with E-state index < -0.39 is 10.0 Å². The summed E-state index contributed by atoms with van der Waals surface area (Å²) in [4.78, 5) is 14.6. The third kappa shape index (κ3) is 6.38. The zero-order valence-electron chi connectivity index (χ0n) is 19.3. The third-order valence-corrected chi connectivity index (χ3v) is 7.31. The van der Waals surface area contributed by atoms with E-state index in [2.05, 4.69) is 50.4 Å². The van der Waals surface area contributed by atoms with Crippen molar-refractivity contribution in [3.8, 4) is 0 Å². The van der Waals surface area contributed by atoms with E-state index >= 15 is 0 Å². The Morgan fingerprint density at radius 1 is 1.09 bits per heavy atom. The monoisotopic (exact) mass is 459 g/mol. The van der Waals surface area contributed by atoms with Gasteiger partial charge in [-0.25, -0.2) is 8.42 Å². The molecule has 1 amide bonds. The summed E-state index contributed by atoms with van der Waals surface area (Å²) in [7, 11) is -1.72. The van der Waals surface area contributed by atoms with Crippen molar-refractivity contribution in [1.82, 2.24) is 9.21 Å². The van der Waals surface area contributed by atoms with Gasteiger partial charge in [0.1, 0.15) is 0 Å². The summed E-state index contributed by atoms with van der Waals surface area (Å²) in [6.07, 6.45) is 0. The maximum Gasteiger partial charge on any atom is 0.243 e. The highest BCUT2D eigenvalue weighted by atomic mass is 32.2. The van der Waals surface area contributed by atoms with Crippen LogP contribution < -0.4 is 5.32 Å². The molecule has 0 bridgehead atoms. The van der Waals surface area contributed by atoms with E-state index in [4.69, 9.17) is 4.74 Å². The van der Waals surface area contributed by atoms with E-state index in [1.54, 1.807) is 18.2 Å². The van der Waals surface area contributed by atoms with Crippen LogP contribution in [-0.2, 0) is 31.5 Å². The van der Waals surface area contributed by atoms with Crippen molar-refractivity contribution >= 4 is 21.6 Å². The zero-order chi connectivity index (χ0) is 23.4. The largest absolute Gasteiger partial charge is 0.379 e. The molecule has 1 heterocycles. The predicted molar refractivity (Wildman–Crippen MR) is 126 cm³/mol. The van der Waals surface area contributed by atoms with Gasteiger partial charge in [0, 0.05) is 25.3 Å². The summed E-state index contributed by atoms with van der Waals surface area (Å²) < 4.78 is 32.3. The van der Waals surface area contributed by atoms with Crippen LogP contribution in [0.5, 0.6) is 0 Å². The van der Waals surface area contributed by atoms with Gasteiger partial charge in [0.25, 0.3) is 0 Å². The Balaban J connectivity index is 1.58. The van der Waals surface area contributed by atoms with E-state index in [-0.39, 0.29) is 22.8 Å². The fourth-order valence-corrected chi connectivity index (χ4v) is 5.05. The van der Waals surface area contributed by atoms with Gasteiger partial charge in [-0.2, -0.15) is 4.31 Å². The number of rotatable bonds is 7. The first-order valence-electron chi connectivity index (χ1n) is 10.8. The maximum absolute atomic E-state index is 12.8. The van der Waals surface area contributed by atoms with Crippen LogP contribution in [0.25, 0.3) is 0 Å². The van der Waals surface area contributed by atoms with Crippen LogP contribution in [0.1, 0.15) is 31.9 Å². The lowest BCUT2D eigenvalue weighted by molar-refractivity contribution is -0.117. The average Bonchev–Trinajstić information content (AvgIpc) is 2.74. The first-order chi connectivity index (χ1) is 15.1. The molecule has 32 heavy (non-hydrogen) atoms. The number of benzene rings is 2. The van der Waals surface area contributed by atoms with Crippen molar-refractivity contribution in [1.29, 1.82) is 0 Å². The van der Waals surface area contributed by atoms with Crippen LogP contribution in [-0.4, -0.2) is 63.4 Å². The van der Waals surface area contributed by atoms with E-state index in [9.17, 15) is 13.2 Å². The van der Waals surface area contributed by atoms with Crippen LogP contribution in [0.3, 0.4) is 0 Å². The highest BCUT2D eigenvalue weighted by Gasteiger charge is 2.26. The number of nitrogens with one attached hydrogen (secondary N) is 1. The van der Waals surface area contributed by atoms with Crippen molar-refractivity contribution < 1.29 is 17.9 Å². The van der Waals surface area contributed by atoms with E-state index in [1.807, 2.05) is 11.9 Å². The smallest absolute Gasteiger partial charge is 0.243 e. The number of hydrogen-bond donors (Lipinski definition) is 1. The fourth-order valence-electron chi connectivity index (χ4n) is 3.59. The van der Waals surface area contributed by atoms with Gasteiger partial charge in [-0.15, -0.1) is 0 Å². The Kier molecular flexibility index (Phi) is 7.71. The Morgan fingerprint density at radius 3 is 2.38 bits per heavy atom. The van der Waals surface area contributed by atoms with Gasteiger partial charge in [0.15, 0.2) is 0 Å². The van der Waals surface area contributed by atoms with Gasteiger partial charge in [-0.3, -0.25) is 9.69 Å². The number of nitrogens with zero attached hydrogens (tertiary/aromatic N) is 2. The van der Waals surface area contributed by atoms with Gasteiger partial charge in [-0.05, 0) is 41.8 Å². The molecule has 7 nitrogen and oxygen atoms in total. The molecule has 0 spiro atoms. The number of ether oxygens (including phenoxy) is 1. The molecule has 2 aromatic rings. The van der Waals surface area contributed by atoms with Crippen molar-refractivity contribution in [2.75, 3.05) is 45.2 Å². The summed E-state index contributed by atoms with van der Waals surface area (Å²) in [5.74, 6) is -0.195. The third-order valence-electron chi connectivity index (χ3n) is 5.41. The molecule has 1 aliphatic rings. The van der Waals surface area contributed by atoms with Gasteiger partial charge in [0.2, 0.25) is 15.9 Å². The summed E-state index contributed by atoms with van der Waals surface area (Å²) in [6.45, 7) is 8.83. The lowest BCUT2D eigenvalue weighted by Gasteiger charge is -2.26. The summed E-state index contributed by atoms with van der Waals surface area (Å²) in [5, 5.41) is 2.81. The molecule has 0 unspecified atom stereocenters. The average molecular weight is 460 g/mol. The highest BCUT2D eigenvalue weighted by molar-refractivity contribution is 7.89. The molecule has 174 valence electrons. The van der Waals surface area contributed by atoms with Crippen molar-refractivity contribution in [2.45, 2.75) is 37.6 Å². The number of carbonyl (C=O) groups excluding carboxylic acids is 1. The van der Waals surface area contributed by atoms with Crippen LogP contribution >= 0.6 is 0 Å². The van der Waals surface area contributed by atoms with Crippen LogP contribution in [0.2, 0.25) is 0 Å². The number of anilines is 1. The lowest BCUT2D eigenvalue weighted by atomic mass is 9.87. The molecule has 3 rings (SSSR count). The Bertz CT molecular complexity index is 1020. The minimum atomic E-state index is -3.61. The van der Waals surface area contributed by atoms with Crippen LogP contribution in [0.15, 0.2) is 53.4 Å². The predicted octanol–water partition coefficient (Wildman–Crippen LogP) is 3.08. The summed E-state index contributed by atoms with van der Waals surface area (Å²) in [5.41, 5.74) is 2.97. The van der Waals surface area contributed by atoms with Gasteiger partial charge < -0.3 is 10.1 Å². The number of hydrogen-bond acceptors (Lipinski definition) is 5. The van der Waals surface area contributed by atoms with E-state index in [0.717, 1.165) is 5.56 Å².